The third-order valence-corrected chi connectivity index (χ3v) is 10.5. The van der Waals surface area contributed by atoms with Crippen LogP contribution in [0.3, 0.4) is 0 Å². The van der Waals surface area contributed by atoms with Crippen molar-refractivity contribution in [2.45, 2.75) is 52.6 Å². The van der Waals surface area contributed by atoms with Crippen molar-refractivity contribution in [2.24, 2.45) is 11.5 Å². The van der Waals surface area contributed by atoms with Gasteiger partial charge in [0.15, 0.2) is 10.0 Å². The van der Waals surface area contributed by atoms with Crippen LogP contribution in [0.15, 0.2) is 36.4 Å². The fraction of sp³-hybridized carbons (Fsp3) is 0.375. The first kappa shape index (κ1) is 28.7. The van der Waals surface area contributed by atoms with Crippen LogP contribution in [0.1, 0.15) is 66.2 Å². The van der Waals surface area contributed by atoms with Crippen LogP contribution in [0.5, 0.6) is 0 Å². The Morgan fingerprint density at radius 1 is 0.667 bits per heavy atom. The van der Waals surface area contributed by atoms with Crippen LogP contribution in [0, 0.1) is 13.8 Å². The van der Waals surface area contributed by atoms with Gasteiger partial charge in [-0.05, 0) is 88.0 Å². The molecule has 218 valence electrons. The largest absolute Gasteiger partial charge is 0.364 e. The molecule has 42 heavy (non-hydrogen) atoms. The molecule has 2 amide bonds. The molecule has 2 aromatic carbocycles. The highest BCUT2D eigenvalue weighted by molar-refractivity contribution is 7.14. The number of hydrogen-bond acceptors (Lipinski definition) is 8. The number of primary amides is 2. The van der Waals surface area contributed by atoms with Crippen LogP contribution in [0.25, 0.3) is 33.6 Å². The van der Waals surface area contributed by atoms with E-state index in [9.17, 15) is 9.59 Å². The number of nitrogens with zero attached hydrogens (tertiary/aromatic N) is 4. The fourth-order valence-corrected chi connectivity index (χ4v) is 8.15. The first-order valence-corrected chi connectivity index (χ1v) is 16.2. The average Bonchev–Trinajstić information content (AvgIpc) is 3.78. The first-order chi connectivity index (χ1) is 20.3. The second-order valence-electron chi connectivity index (χ2n) is 11.2. The van der Waals surface area contributed by atoms with E-state index in [0.717, 1.165) is 93.8 Å². The van der Waals surface area contributed by atoms with E-state index < -0.39 is 11.8 Å². The molecular weight excluding hydrogens is 565 g/mol. The Kier molecular flexibility index (Phi) is 8.22. The highest BCUT2D eigenvalue weighted by Crippen LogP contribution is 2.40. The lowest BCUT2D eigenvalue weighted by molar-refractivity contribution is 0.0991. The molecule has 4 aromatic rings. The SMILES string of the molecule is Cc1c(-c2cccc(-c3nc(C(N)=O)sc3CN3CCCC3)c2C)cccc1-c1nc(C(N)=O)sc1CN1CCCC1. The number of hydrogen-bond donors (Lipinski definition) is 2. The predicted molar refractivity (Wildman–Crippen MR) is 170 cm³/mol. The van der Waals surface area contributed by atoms with Gasteiger partial charge in [0.1, 0.15) is 0 Å². The summed E-state index contributed by atoms with van der Waals surface area (Å²) in [6, 6.07) is 12.5. The molecule has 0 aliphatic carbocycles. The lowest BCUT2D eigenvalue weighted by Gasteiger charge is -2.18. The molecule has 2 aromatic heterocycles. The summed E-state index contributed by atoms with van der Waals surface area (Å²) in [6.45, 7) is 10.0. The molecule has 2 fully saturated rings. The van der Waals surface area contributed by atoms with Crippen LogP contribution < -0.4 is 11.5 Å². The first-order valence-electron chi connectivity index (χ1n) is 14.5. The van der Waals surface area contributed by atoms with Gasteiger partial charge in [-0.25, -0.2) is 9.97 Å². The van der Waals surface area contributed by atoms with Gasteiger partial charge in [-0.15, -0.1) is 22.7 Å². The van der Waals surface area contributed by atoms with E-state index >= 15 is 0 Å². The zero-order chi connectivity index (χ0) is 29.4. The molecule has 10 heteroatoms. The summed E-state index contributed by atoms with van der Waals surface area (Å²) in [5.74, 6) is -0.982. The summed E-state index contributed by atoms with van der Waals surface area (Å²) in [5.41, 5.74) is 19.4. The quantitative estimate of drug-likeness (QED) is 0.258. The van der Waals surface area contributed by atoms with Crippen LogP contribution >= 0.6 is 22.7 Å². The molecule has 0 radical (unpaired) electrons. The number of aromatic nitrogens is 2. The molecule has 0 bridgehead atoms. The summed E-state index contributed by atoms with van der Waals surface area (Å²) in [5, 5.41) is 0.697. The van der Waals surface area contributed by atoms with Crippen LogP contribution in [-0.4, -0.2) is 57.8 Å². The van der Waals surface area contributed by atoms with Gasteiger partial charge in [-0.3, -0.25) is 19.4 Å². The van der Waals surface area contributed by atoms with Gasteiger partial charge in [0, 0.05) is 34.0 Å². The van der Waals surface area contributed by atoms with E-state index in [0.29, 0.717) is 10.0 Å². The summed E-state index contributed by atoms with van der Waals surface area (Å²) < 4.78 is 0. The van der Waals surface area contributed by atoms with Crippen molar-refractivity contribution in [3.05, 3.63) is 67.3 Å². The molecule has 0 unspecified atom stereocenters. The van der Waals surface area contributed by atoms with E-state index in [-0.39, 0.29) is 0 Å². The number of benzene rings is 2. The summed E-state index contributed by atoms with van der Waals surface area (Å²) in [4.78, 5) is 40.7. The second-order valence-corrected chi connectivity index (χ2v) is 13.4. The molecule has 0 atom stereocenters. The number of carbonyl (C=O) groups is 2. The van der Waals surface area contributed by atoms with Gasteiger partial charge in [0.05, 0.1) is 11.4 Å². The topological polar surface area (TPSA) is 118 Å². The Morgan fingerprint density at radius 3 is 1.38 bits per heavy atom. The van der Waals surface area contributed by atoms with Crippen LogP contribution in [0.2, 0.25) is 0 Å². The van der Waals surface area contributed by atoms with Gasteiger partial charge in [0.25, 0.3) is 11.8 Å². The van der Waals surface area contributed by atoms with Crippen molar-refractivity contribution >= 4 is 34.5 Å². The molecule has 8 nitrogen and oxygen atoms in total. The normalized spacial score (nSPS) is 16.0. The number of rotatable bonds is 9. The van der Waals surface area contributed by atoms with Crippen molar-refractivity contribution in [1.29, 1.82) is 0 Å². The summed E-state index contributed by atoms with van der Waals surface area (Å²) >= 11 is 2.81. The minimum Gasteiger partial charge on any atom is -0.364 e. The van der Waals surface area contributed by atoms with Gasteiger partial charge in [-0.1, -0.05) is 36.4 Å². The second kappa shape index (κ2) is 12.0. The standard InChI is InChI=1S/C32H36N6O2S2/c1-19-21(9-7-11-23(19)27-25(17-37-13-3-4-14-37)41-31(35-27)29(33)39)22-10-8-12-24(20(22)2)28-26(18-38-15-5-6-16-38)42-32(36-28)30(34)40/h7-12H,3-6,13-18H2,1-2H3,(H2,33,39)(H2,34,40). The Labute approximate surface area is 254 Å². The Bertz CT molecular complexity index is 1520. The molecule has 0 saturated carbocycles. The number of thiazole rings is 2. The number of amides is 2. The average molecular weight is 601 g/mol. The molecule has 2 aliphatic rings. The van der Waals surface area contributed by atoms with E-state index in [1.807, 2.05) is 0 Å². The van der Waals surface area contributed by atoms with Gasteiger partial charge in [-0.2, -0.15) is 0 Å². The molecular formula is C32H36N6O2S2. The molecule has 0 spiro atoms. The third-order valence-electron chi connectivity index (χ3n) is 8.42. The zero-order valence-electron chi connectivity index (χ0n) is 24.1. The maximum absolute atomic E-state index is 12.1. The van der Waals surface area contributed by atoms with Crippen molar-refractivity contribution in [3.63, 3.8) is 0 Å². The molecule has 4 heterocycles. The van der Waals surface area contributed by atoms with Crippen molar-refractivity contribution < 1.29 is 9.59 Å². The summed E-state index contributed by atoms with van der Waals surface area (Å²) in [6.07, 6.45) is 4.78. The molecule has 2 aliphatic heterocycles. The maximum atomic E-state index is 12.1. The maximum Gasteiger partial charge on any atom is 0.277 e. The smallest absolute Gasteiger partial charge is 0.277 e. The van der Waals surface area contributed by atoms with Crippen molar-refractivity contribution in [1.82, 2.24) is 19.8 Å². The fourth-order valence-electron chi connectivity index (χ4n) is 6.21. The number of nitrogens with two attached hydrogens (primary N) is 2. The minimum atomic E-state index is -0.491. The zero-order valence-corrected chi connectivity index (χ0v) is 25.7. The van der Waals surface area contributed by atoms with E-state index in [2.05, 4.69) is 60.0 Å². The highest BCUT2D eigenvalue weighted by Gasteiger charge is 2.24. The van der Waals surface area contributed by atoms with Crippen LogP contribution in [0.4, 0.5) is 0 Å². The van der Waals surface area contributed by atoms with E-state index in [4.69, 9.17) is 21.4 Å². The molecule has 4 N–H and O–H groups in total. The number of carbonyl (C=O) groups excluding carboxylic acids is 2. The Hall–Kier alpha value is -3.44. The lowest BCUT2D eigenvalue weighted by Crippen LogP contribution is -2.18. The molecule has 2 saturated heterocycles. The van der Waals surface area contributed by atoms with Gasteiger partial charge < -0.3 is 11.5 Å². The van der Waals surface area contributed by atoms with E-state index in [1.54, 1.807) is 0 Å². The Morgan fingerprint density at radius 2 is 1.02 bits per heavy atom. The lowest BCUT2D eigenvalue weighted by atomic mass is 9.89. The van der Waals surface area contributed by atoms with Crippen molar-refractivity contribution in [2.75, 3.05) is 26.2 Å². The van der Waals surface area contributed by atoms with Crippen LogP contribution in [-0.2, 0) is 13.1 Å². The predicted octanol–water partition coefficient (Wildman–Crippen LogP) is 5.61. The molecule has 6 rings (SSSR count). The third kappa shape index (κ3) is 5.64. The monoisotopic (exact) mass is 600 g/mol. The number of likely N-dealkylation sites (tertiary alicyclic amines) is 2. The minimum absolute atomic E-state index is 0.349. The van der Waals surface area contributed by atoms with Gasteiger partial charge in [0.2, 0.25) is 0 Å². The van der Waals surface area contributed by atoms with E-state index in [1.165, 1.54) is 48.4 Å². The summed E-state index contributed by atoms with van der Waals surface area (Å²) in [7, 11) is 0. The highest BCUT2D eigenvalue weighted by atomic mass is 32.1. The van der Waals surface area contributed by atoms with Crippen molar-refractivity contribution in [3.8, 4) is 33.6 Å². The Balaban J connectivity index is 1.41. The van der Waals surface area contributed by atoms with Gasteiger partial charge >= 0.3 is 0 Å².